The van der Waals surface area contributed by atoms with Crippen LogP contribution in [0.5, 0.6) is 0 Å². The van der Waals surface area contributed by atoms with E-state index in [0.717, 1.165) is 13.0 Å². The number of benzene rings is 1. The van der Waals surface area contributed by atoms with Crippen molar-refractivity contribution in [3.05, 3.63) is 41.3 Å². The van der Waals surface area contributed by atoms with Gasteiger partial charge in [0.15, 0.2) is 0 Å². The van der Waals surface area contributed by atoms with Crippen LogP contribution in [0.4, 0.5) is 0 Å². The molecule has 0 bridgehead atoms. The molecule has 0 spiro atoms. The lowest BCUT2D eigenvalue weighted by molar-refractivity contribution is 0.114. The second kappa shape index (κ2) is 5.34. The highest BCUT2D eigenvalue weighted by atomic mass is 32.2. The van der Waals surface area contributed by atoms with E-state index in [9.17, 15) is 8.42 Å². The normalized spacial score (nSPS) is 27.8. The molecule has 2 heterocycles. The van der Waals surface area contributed by atoms with Gasteiger partial charge in [-0.15, -0.1) is 0 Å². The Morgan fingerprint density at radius 1 is 1.15 bits per heavy atom. The lowest BCUT2D eigenvalue weighted by atomic mass is 9.93. The molecule has 1 aromatic rings. The minimum atomic E-state index is -3.30. The zero-order valence-corrected chi connectivity index (χ0v) is 12.6. The van der Waals surface area contributed by atoms with Gasteiger partial charge in [-0.3, -0.25) is 4.90 Å². The van der Waals surface area contributed by atoms with E-state index in [-0.39, 0.29) is 0 Å². The highest BCUT2D eigenvalue weighted by molar-refractivity contribution is 7.95. The van der Waals surface area contributed by atoms with Crippen molar-refractivity contribution in [2.45, 2.75) is 49.6 Å². The Bertz CT molecular complexity index is 607. The van der Waals surface area contributed by atoms with Gasteiger partial charge in [0.1, 0.15) is 0 Å². The highest BCUT2D eigenvalue weighted by Gasteiger charge is 2.33. The molecular formula is C16H21NO2S. The largest absolute Gasteiger partial charge is 0.294 e. The van der Waals surface area contributed by atoms with Crippen LogP contribution in [-0.4, -0.2) is 31.9 Å². The molecule has 4 heteroatoms. The van der Waals surface area contributed by atoms with Gasteiger partial charge in [-0.05, 0) is 38.3 Å². The molecule has 0 unspecified atom stereocenters. The standard InChI is InChI=1S/C16H21NO2S/c1-13-6-5-7-14-12-16(10-11-17(13)14)20(18,19)15-8-3-2-4-9-15/h2-4,8-9,12-14H,5-7,10-11H2,1H3/t13-,14-/m1/s1. The molecule has 0 N–H and O–H groups in total. The van der Waals surface area contributed by atoms with Crippen LogP contribution in [0.15, 0.2) is 46.2 Å². The number of piperidine rings is 1. The molecule has 2 aliphatic heterocycles. The number of sulfone groups is 1. The van der Waals surface area contributed by atoms with Gasteiger partial charge < -0.3 is 0 Å². The number of rotatable bonds is 2. The van der Waals surface area contributed by atoms with Crippen molar-refractivity contribution in [3.8, 4) is 0 Å². The third-order valence-corrected chi connectivity index (χ3v) is 6.43. The fourth-order valence-corrected chi connectivity index (χ4v) is 4.87. The molecule has 0 aromatic heterocycles. The molecule has 1 fully saturated rings. The zero-order valence-electron chi connectivity index (χ0n) is 11.8. The topological polar surface area (TPSA) is 37.4 Å². The quantitative estimate of drug-likeness (QED) is 0.840. The van der Waals surface area contributed by atoms with Gasteiger partial charge >= 0.3 is 0 Å². The molecule has 0 saturated carbocycles. The molecule has 108 valence electrons. The van der Waals surface area contributed by atoms with Crippen LogP contribution in [0.1, 0.15) is 32.6 Å². The van der Waals surface area contributed by atoms with Gasteiger partial charge in [0.05, 0.1) is 4.90 Å². The lowest BCUT2D eigenvalue weighted by Crippen LogP contribution is -2.47. The minimum absolute atomic E-state index is 0.306. The zero-order chi connectivity index (χ0) is 14.2. The van der Waals surface area contributed by atoms with E-state index in [2.05, 4.69) is 11.8 Å². The van der Waals surface area contributed by atoms with Crippen molar-refractivity contribution in [2.75, 3.05) is 6.54 Å². The average Bonchev–Trinajstić information content (AvgIpc) is 2.48. The fraction of sp³-hybridized carbons (Fsp3) is 0.500. The van der Waals surface area contributed by atoms with Crippen LogP contribution in [0.25, 0.3) is 0 Å². The maximum Gasteiger partial charge on any atom is 0.202 e. The van der Waals surface area contributed by atoms with Crippen LogP contribution in [-0.2, 0) is 9.84 Å². The summed E-state index contributed by atoms with van der Waals surface area (Å²) in [7, 11) is -3.30. The molecule has 0 aliphatic carbocycles. The van der Waals surface area contributed by atoms with Gasteiger partial charge in [0, 0.05) is 23.5 Å². The summed E-state index contributed by atoms with van der Waals surface area (Å²) in [6, 6.07) is 9.67. The molecule has 2 atom stereocenters. The van der Waals surface area contributed by atoms with Crippen molar-refractivity contribution in [2.24, 2.45) is 0 Å². The second-order valence-electron chi connectivity index (χ2n) is 5.78. The number of hydrogen-bond donors (Lipinski definition) is 0. The number of hydrogen-bond acceptors (Lipinski definition) is 3. The molecule has 2 aliphatic rings. The Hall–Kier alpha value is -1.13. The van der Waals surface area contributed by atoms with Crippen LogP contribution in [0.2, 0.25) is 0 Å². The molecule has 3 nitrogen and oxygen atoms in total. The lowest BCUT2D eigenvalue weighted by Gasteiger charge is -2.42. The van der Waals surface area contributed by atoms with E-state index in [1.807, 2.05) is 12.1 Å². The Morgan fingerprint density at radius 2 is 1.90 bits per heavy atom. The summed E-state index contributed by atoms with van der Waals surface area (Å²) in [5.74, 6) is 0. The van der Waals surface area contributed by atoms with E-state index in [1.54, 1.807) is 24.3 Å². The Labute approximate surface area is 121 Å². The maximum absolute atomic E-state index is 12.7. The molecule has 1 saturated heterocycles. The monoisotopic (exact) mass is 291 g/mol. The maximum atomic E-state index is 12.7. The summed E-state index contributed by atoms with van der Waals surface area (Å²) in [6.45, 7) is 3.11. The summed E-state index contributed by atoms with van der Waals surface area (Å²) in [5.41, 5.74) is 0. The Morgan fingerprint density at radius 3 is 2.65 bits per heavy atom. The van der Waals surface area contributed by atoms with Gasteiger partial charge in [0.2, 0.25) is 9.84 Å². The number of nitrogens with zero attached hydrogens (tertiary/aromatic N) is 1. The SMILES string of the molecule is C[C@@H]1CCC[C@@H]2C=C(S(=O)(=O)c3ccccc3)CCN12. The van der Waals surface area contributed by atoms with Crippen LogP contribution < -0.4 is 0 Å². The predicted octanol–water partition coefficient (Wildman–Crippen LogP) is 2.99. The molecule has 0 radical (unpaired) electrons. The Kier molecular flexibility index (Phi) is 3.69. The summed E-state index contributed by atoms with van der Waals surface area (Å²) >= 11 is 0. The first-order valence-electron chi connectivity index (χ1n) is 7.35. The predicted molar refractivity (Wildman–Crippen MR) is 80.1 cm³/mol. The van der Waals surface area contributed by atoms with E-state index >= 15 is 0 Å². The third kappa shape index (κ3) is 2.42. The Balaban J connectivity index is 1.92. The van der Waals surface area contributed by atoms with Crippen LogP contribution in [0, 0.1) is 0 Å². The van der Waals surface area contributed by atoms with E-state index in [4.69, 9.17) is 0 Å². The molecule has 20 heavy (non-hydrogen) atoms. The van der Waals surface area contributed by atoms with Gasteiger partial charge in [-0.2, -0.15) is 0 Å². The first-order valence-corrected chi connectivity index (χ1v) is 8.84. The first kappa shape index (κ1) is 13.8. The van der Waals surface area contributed by atoms with E-state index in [0.29, 0.717) is 28.3 Å². The molecule has 3 rings (SSSR count). The molecule has 1 aromatic carbocycles. The highest BCUT2D eigenvalue weighted by Crippen LogP contribution is 2.32. The number of fused-ring (bicyclic) bond motifs is 1. The summed E-state index contributed by atoms with van der Waals surface area (Å²) in [6.07, 6.45) is 6.14. The summed E-state index contributed by atoms with van der Waals surface area (Å²) < 4.78 is 25.3. The smallest absolute Gasteiger partial charge is 0.202 e. The van der Waals surface area contributed by atoms with E-state index in [1.165, 1.54) is 12.8 Å². The van der Waals surface area contributed by atoms with Gasteiger partial charge in [-0.25, -0.2) is 8.42 Å². The molecule has 0 amide bonds. The van der Waals surface area contributed by atoms with Crippen LogP contribution >= 0.6 is 0 Å². The van der Waals surface area contributed by atoms with Gasteiger partial charge in [-0.1, -0.05) is 30.7 Å². The van der Waals surface area contributed by atoms with Crippen molar-refractivity contribution < 1.29 is 8.42 Å². The summed E-state index contributed by atoms with van der Waals surface area (Å²) in [5, 5.41) is 0. The van der Waals surface area contributed by atoms with Crippen LogP contribution in [0.3, 0.4) is 0 Å². The van der Waals surface area contributed by atoms with Crippen molar-refractivity contribution in [1.29, 1.82) is 0 Å². The van der Waals surface area contributed by atoms with Gasteiger partial charge in [0.25, 0.3) is 0 Å². The van der Waals surface area contributed by atoms with Crippen molar-refractivity contribution in [1.82, 2.24) is 4.90 Å². The minimum Gasteiger partial charge on any atom is -0.294 e. The first-order chi connectivity index (χ1) is 9.59. The van der Waals surface area contributed by atoms with E-state index < -0.39 is 9.84 Å². The summed E-state index contributed by atoms with van der Waals surface area (Å²) in [4.78, 5) is 3.48. The van der Waals surface area contributed by atoms with Crippen molar-refractivity contribution >= 4 is 9.84 Å². The molecular weight excluding hydrogens is 270 g/mol. The average molecular weight is 291 g/mol. The second-order valence-corrected chi connectivity index (χ2v) is 7.79. The van der Waals surface area contributed by atoms with Crippen molar-refractivity contribution in [3.63, 3.8) is 0 Å². The third-order valence-electron chi connectivity index (χ3n) is 4.51. The fourth-order valence-electron chi connectivity index (χ4n) is 3.36.